The molecule has 4 heteroatoms. The van der Waals surface area contributed by atoms with Crippen LogP contribution in [0.15, 0.2) is 12.7 Å². The minimum absolute atomic E-state index is 0.135. The third-order valence-electron chi connectivity index (χ3n) is 1.68. The number of hydrogen-bond acceptors (Lipinski definition) is 4. The summed E-state index contributed by atoms with van der Waals surface area (Å²) in [5, 5.41) is 8.65. The lowest BCUT2D eigenvalue weighted by Crippen LogP contribution is -2.32. The maximum atomic E-state index is 11.1. The van der Waals surface area contributed by atoms with Gasteiger partial charge in [0.1, 0.15) is 0 Å². The van der Waals surface area contributed by atoms with E-state index in [4.69, 9.17) is 9.84 Å². The minimum atomic E-state index is -0.229. The predicted molar refractivity (Wildman–Crippen MR) is 55.0 cm³/mol. The van der Waals surface area contributed by atoms with E-state index < -0.39 is 0 Å². The van der Waals surface area contributed by atoms with E-state index in [-0.39, 0.29) is 19.1 Å². The molecular weight excluding hydrogens is 182 g/mol. The van der Waals surface area contributed by atoms with Gasteiger partial charge in [-0.3, -0.25) is 9.69 Å². The lowest BCUT2D eigenvalue weighted by molar-refractivity contribution is -0.144. The van der Waals surface area contributed by atoms with Gasteiger partial charge in [0, 0.05) is 19.7 Å². The fourth-order valence-corrected chi connectivity index (χ4v) is 1.10. The van der Waals surface area contributed by atoms with Crippen LogP contribution in [0.5, 0.6) is 0 Å². The van der Waals surface area contributed by atoms with Crippen molar-refractivity contribution in [3.8, 4) is 0 Å². The normalized spacial score (nSPS) is 10.2. The number of carbonyl (C=O) groups excluding carboxylic acids is 1. The van der Waals surface area contributed by atoms with Crippen molar-refractivity contribution in [3.05, 3.63) is 12.7 Å². The van der Waals surface area contributed by atoms with Crippen molar-refractivity contribution in [2.75, 3.05) is 32.8 Å². The first kappa shape index (κ1) is 13.1. The van der Waals surface area contributed by atoms with Crippen LogP contribution in [-0.4, -0.2) is 48.8 Å². The Hall–Kier alpha value is -0.870. The fourth-order valence-electron chi connectivity index (χ4n) is 1.10. The highest BCUT2D eigenvalue weighted by atomic mass is 16.5. The fraction of sp³-hybridized carbons (Fsp3) is 0.700. The van der Waals surface area contributed by atoms with Gasteiger partial charge in [0.2, 0.25) is 0 Å². The number of nitrogens with zero attached hydrogens (tertiary/aromatic N) is 1. The van der Waals surface area contributed by atoms with Gasteiger partial charge in [-0.1, -0.05) is 6.08 Å². The van der Waals surface area contributed by atoms with Crippen LogP contribution in [-0.2, 0) is 9.53 Å². The maximum absolute atomic E-state index is 11.1. The Balaban J connectivity index is 3.81. The van der Waals surface area contributed by atoms with Gasteiger partial charge in [0.05, 0.1) is 13.2 Å². The Bertz CT molecular complexity index is 171. The van der Waals surface area contributed by atoms with E-state index in [0.717, 1.165) is 0 Å². The molecule has 0 rings (SSSR count). The standard InChI is InChI=1S/C10H19NO3/c1-3-6-11(7-5-8-12)9-10(13)14-4-2/h3,12H,1,4-9H2,2H3. The Morgan fingerprint density at radius 3 is 2.86 bits per heavy atom. The van der Waals surface area contributed by atoms with Gasteiger partial charge in [-0.2, -0.15) is 0 Å². The highest BCUT2D eigenvalue weighted by Crippen LogP contribution is 1.93. The number of aliphatic hydroxyl groups is 1. The summed E-state index contributed by atoms with van der Waals surface area (Å²) >= 11 is 0. The van der Waals surface area contributed by atoms with Gasteiger partial charge < -0.3 is 9.84 Å². The second-order valence-corrected chi connectivity index (χ2v) is 2.91. The highest BCUT2D eigenvalue weighted by Gasteiger charge is 2.09. The molecule has 0 saturated heterocycles. The number of ether oxygens (including phenoxy) is 1. The van der Waals surface area contributed by atoms with Crippen LogP contribution in [0.3, 0.4) is 0 Å². The maximum Gasteiger partial charge on any atom is 0.320 e. The molecule has 14 heavy (non-hydrogen) atoms. The first-order valence-corrected chi connectivity index (χ1v) is 4.84. The largest absolute Gasteiger partial charge is 0.465 e. The molecule has 0 heterocycles. The van der Waals surface area contributed by atoms with Crippen LogP contribution in [0.2, 0.25) is 0 Å². The monoisotopic (exact) mass is 201 g/mol. The summed E-state index contributed by atoms with van der Waals surface area (Å²) in [4.78, 5) is 13.0. The molecule has 0 bridgehead atoms. The summed E-state index contributed by atoms with van der Waals surface area (Å²) in [5.74, 6) is -0.229. The second-order valence-electron chi connectivity index (χ2n) is 2.91. The molecular formula is C10H19NO3. The van der Waals surface area contributed by atoms with Crippen molar-refractivity contribution < 1.29 is 14.6 Å². The van der Waals surface area contributed by atoms with Crippen LogP contribution in [0.1, 0.15) is 13.3 Å². The first-order valence-electron chi connectivity index (χ1n) is 4.84. The van der Waals surface area contributed by atoms with Crippen LogP contribution >= 0.6 is 0 Å². The molecule has 1 N–H and O–H groups in total. The van der Waals surface area contributed by atoms with E-state index in [1.807, 2.05) is 4.90 Å². The van der Waals surface area contributed by atoms with E-state index in [1.54, 1.807) is 13.0 Å². The molecule has 0 amide bonds. The van der Waals surface area contributed by atoms with E-state index in [1.165, 1.54) is 0 Å². The average molecular weight is 201 g/mol. The lowest BCUT2D eigenvalue weighted by atomic mass is 10.3. The van der Waals surface area contributed by atoms with E-state index >= 15 is 0 Å². The van der Waals surface area contributed by atoms with E-state index in [9.17, 15) is 4.79 Å². The molecule has 0 fully saturated rings. The number of carbonyl (C=O) groups is 1. The quantitative estimate of drug-likeness (QED) is 0.457. The number of hydrogen-bond donors (Lipinski definition) is 1. The molecule has 0 aliphatic carbocycles. The average Bonchev–Trinajstić information content (AvgIpc) is 2.15. The summed E-state index contributed by atoms with van der Waals surface area (Å²) in [6.45, 7) is 7.51. The molecule has 0 atom stereocenters. The topological polar surface area (TPSA) is 49.8 Å². The van der Waals surface area contributed by atoms with Crippen molar-refractivity contribution in [3.63, 3.8) is 0 Å². The third kappa shape index (κ3) is 6.62. The minimum Gasteiger partial charge on any atom is -0.465 e. The molecule has 0 aromatic heterocycles. The van der Waals surface area contributed by atoms with Crippen LogP contribution in [0.25, 0.3) is 0 Å². The van der Waals surface area contributed by atoms with E-state index in [2.05, 4.69) is 6.58 Å². The first-order chi connectivity index (χ1) is 6.74. The summed E-state index contributed by atoms with van der Waals surface area (Å²) in [5.41, 5.74) is 0. The number of aliphatic hydroxyl groups excluding tert-OH is 1. The molecule has 0 aliphatic heterocycles. The molecule has 0 aliphatic rings. The molecule has 4 nitrogen and oxygen atoms in total. The molecule has 0 aromatic rings. The van der Waals surface area contributed by atoms with Gasteiger partial charge >= 0.3 is 5.97 Å². The van der Waals surface area contributed by atoms with Crippen LogP contribution < -0.4 is 0 Å². The Labute approximate surface area is 85.2 Å². The highest BCUT2D eigenvalue weighted by molar-refractivity contribution is 5.71. The summed E-state index contributed by atoms with van der Waals surface area (Å²) < 4.78 is 4.82. The molecule has 0 spiro atoms. The van der Waals surface area contributed by atoms with Crippen molar-refractivity contribution in [1.82, 2.24) is 4.90 Å². The van der Waals surface area contributed by atoms with Crippen molar-refractivity contribution in [1.29, 1.82) is 0 Å². The molecule has 0 saturated carbocycles. The van der Waals surface area contributed by atoms with Crippen molar-refractivity contribution >= 4 is 5.97 Å². The summed E-state index contributed by atoms with van der Waals surface area (Å²) in [6.07, 6.45) is 2.39. The summed E-state index contributed by atoms with van der Waals surface area (Å²) in [6, 6.07) is 0. The van der Waals surface area contributed by atoms with Gasteiger partial charge in [-0.05, 0) is 13.3 Å². The van der Waals surface area contributed by atoms with Crippen molar-refractivity contribution in [2.24, 2.45) is 0 Å². The molecule has 0 aromatic carbocycles. The predicted octanol–water partition coefficient (Wildman–Crippen LogP) is 0.420. The summed E-state index contributed by atoms with van der Waals surface area (Å²) in [7, 11) is 0. The van der Waals surface area contributed by atoms with Crippen molar-refractivity contribution in [2.45, 2.75) is 13.3 Å². The van der Waals surface area contributed by atoms with Gasteiger partial charge in [0.15, 0.2) is 0 Å². The number of esters is 1. The zero-order valence-corrected chi connectivity index (χ0v) is 8.74. The smallest absolute Gasteiger partial charge is 0.320 e. The van der Waals surface area contributed by atoms with Gasteiger partial charge in [-0.15, -0.1) is 6.58 Å². The van der Waals surface area contributed by atoms with Crippen LogP contribution in [0, 0.1) is 0 Å². The SMILES string of the molecule is C=CCN(CCCO)CC(=O)OCC. The second kappa shape index (κ2) is 8.72. The Morgan fingerprint density at radius 1 is 1.64 bits per heavy atom. The molecule has 0 radical (unpaired) electrons. The third-order valence-corrected chi connectivity index (χ3v) is 1.68. The lowest BCUT2D eigenvalue weighted by Gasteiger charge is -2.18. The Morgan fingerprint density at radius 2 is 2.36 bits per heavy atom. The molecule has 82 valence electrons. The number of rotatable bonds is 8. The molecule has 0 unspecified atom stereocenters. The van der Waals surface area contributed by atoms with Crippen LogP contribution in [0.4, 0.5) is 0 Å². The zero-order valence-electron chi connectivity index (χ0n) is 8.74. The van der Waals surface area contributed by atoms with Gasteiger partial charge in [-0.25, -0.2) is 0 Å². The van der Waals surface area contributed by atoms with E-state index in [0.29, 0.717) is 26.1 Å². The Kier molecular flexibility index (Phi) is 8.17. The van der Waals surface area contributed by atoms with Gasteiger partial charge in [0.25, 0.3) is 0 Å². The zero-order chi connectivity index (χ0) is 10.8.